The molecule has 3 N–H and O–H groups in total. The van der Waals surface area contributed by atoms with E-state index < -0.39 is 35.2 Å². The molecule has 0 aliphatic heterocycles. The van der Waals surface area contributed by atoms with E-state index in [1.165, 1.54) is 5.32 Å². The van der Waals surface area contributed by atoms with Gasteiger partial charge in [-0.05, 0) is 25.1 Å². The number of carbonyl (C=O) groups excluding carboxylic acids is 1. The number of carboxylic acid groups (broad SMARTS) is 1. The van der Waals surface area contributed by atoms with Crippen molar-refractivity contribution in [2.24, 2.45) is 0 Å². The summed E-state index contributed by atoms with van der Waals surface area (Å²) >= 11 is 5.54. The van der Waals surface area contributed by atoms with Gasteiger partial charge in [0.1, 0.15) is 5.82 Å². The minimum absolute atomic E-state index is 0.0310. The number of nitrogens with one attached hydrogen (secondary N) is 2. The van der Waals surface area contributed by atoms with Crippen molar-refractivity contribution < 1.29 is 32.3 Å². The van der Waals surface area contributed by atoms with E-state index in [0.717, 1.165) is 18.2 Å². The number of alkyl halides is 3. The third-order valence-electron chi connectivity index (χ3n) is 2.53. The number of hydrogen-bond acceptors (Lipinski definition) is 2. The Kier molecular flexibility index (Phi) is 4.67. The molecule has 0 aliphatic carbocycles. The van der Waals surface area contributed by atoms with Crippen molar-refractivity contribution >= 4 is 29.3 Å². The van der Waals surface area contributed by atoms with E-state index in [-0.39, 0.29) is 11.9 Å². The molecule has 1 aromatic carbocycles. The zero-order chi connectivity index (χ0) is 16.4. The lowest BCUT2D eigenvalue weighted by Crippen LogP contribution is -2.62. The average Bonchev–Trinajstić information content (AvgIpc) is 2.32. The van der Waals surface area contributed by atoms with Crippen molar-refractivity contribution in [3.63, 3.8) is 0 Å². The van der Waals surface area contributed by atoms with Crippen LogP contribution in [0.15, 0.2) is 18.2 Å². The molecule has 0 bridgehead atoms. The zero-order valence-corrected chi connectivity index (χ0v) is 11.1. The van der Waals surface area contributed by atoms with Gasteiger partial charge < -0.3 is 15.7 Å². The maximum Gasteiger partial charge on any atom is 0.422 e. The summed E-state index contributed by atoms with van der Waals surface area (Å²) in [6.45, 7) is 0.267. The summed E-state index contributed by atoms with van der Waals surface area (Å²) in [5.41, 5.74) is -4.01. The van der Waals surface area contributed by atoms with Gasteiger partial charge >= 0.3 is 18.2 Å². The van der Waals surface area contributed by atoms with Crippen molar-refractivity contribution in [3.05, 3.63) is 29.0 Å². The van der Waals surface area contributed by atoms with Crippen LogP contribution in [-0.2, 0) is 4.79 Å². The number of benzene rings is 1. The van der Waals surface area contributed by atoms with Gasteiger partial charge in [-0.15, -0.1) is 0 Å². The number of carboxylic acids is 1. The summed E-state index contributed by atoms with van der Waals surface area (Å²) in [6.07, 6.45) is -5.25. The number of anilines is 1. The number of rotatable bonds is 3. The molecular formula is C11H9ClF4N2O3. The lowest BCUT2D eigenvalue weighted by molar-refractivity contribution is -0.203. The summed E-state index contributed by atoms with van der Waals surface area (Å²) in [4.78, 5) is 22.2. The van der Waals surface area contributed by atoms with Crippen LogP contribution in [0.5, 0.6) is 0 Å². The Bertz CT molecular complexity index is 579. The number of hydrogen-bond donors (Lipinski definition) is 3. The smallest absolute Gasteiger partial charge is 0.422 e. The number of amides is 2. The average molecular weight is 329 g/mol. The highest BCUT2D eigenvalue weighted by Crippen LogP contribution is 2.30. The van der Waals surface area contributed by atoms with E-state index in [0.29, 0.717) is 0 Å². The third kappa shape index (κ3) is 3.75. The van der Waals surface area contributed by atoms with Crippen molar-refractivity contribution in [2.75, 3.05) is 5.32 Å². The Labute approximate surface area is 120 Å². The molecule has 116 valence electrons. The standard InChI is InChI=1S/C11H9ClF4N2O3/c1-10(8(19)20,11(14,15)16)18-9(21)17-7-4-5(12)2-3-6(7)13/h2-4H,1H3,(H,19,20)(H2,17,18,21). The Morgan fingerprint density at radius 3 is 2.33 bits per heavy atom. The molecule has 0 aromatic heterocycles. The fourth-order valence-corrected chi connectivity index (χ4v) is 1.39. The molecule has 10 heteroatoms. The second kappa shape index (κ2) is 5.76. The van der Waals surface area contributed by atoms with Crippen LogP contribution < -0.4 is 10.6 Å². The van der Waals surface area contributed by atoms with E-state index in [2.05, 4.69) is 0 Å². The molecule has 5 nitrogen and oxygen atoms in total. The van der Waals surface area contributed by atoms with Crippen LogP contribution in [0.4, 0.5) is 28.0 Å². The topological polar surface area (TPSA) is 78.4 Å². The first-order valence-electron chi connectivity index (χ1n) is 5.31. The molecule has 0 saturated carbocycles. The number of aliphatic carboxylic acids is 1. The number of urea groups is 1. The minimum Gasteiger partial charge on any atom is -0.479 e. The minimum atomic E-state index is -5.25. The van der Waals surface area contributed by atoms with Gasteiger partial charge in [0.05, 0.1) is 5.69 Å². The molecule has 0 fully saturated rings. The second-order valence-electron chi connectivity index (χ2n) is 4.13. The van der Waals surface area contributed by atoms with Crippen molar-refractivity contribution in [3.8, 4) is 0 Å². The maximum atomic E-state index is 13.3. The first-order chi connectivity index (χ1) is 9.47. The fraction of sp³-hybridized carbons (Fsp3) is 0.273. The molecule has 21 heavy (non-hydrogen) atoms. The first kappa shape index (κ1) is 17.0. The molecule has 1 aromatic rings. The van der Waals surface area contributed by atoms with Gasteiger partial charge in [-0.25, -0.2) is 14.0 Å². The van der Waals surface area contributed by atoms with Crippen molar-refractivity contribution in [1.29, 1.82) is 0 Å². The molecule has 2 amide bonds. The van der Waals surface area contributed by atoms with Crippen LogP contribution in [0, 0.1) is 5.82 Å². The highest BCUT2D eigenvalue weighted by Gasteiger charge is 2.58. The van der Waals surface area contributed by atoms with Crippen LogP contribution in [-0.4, -0.2) is 28.8 Å². The van der Waals surface area contributed by atoms with E-state index in [4.69, 9.17) is 16.7 Å². The molecule has 0 saturated heterocycles. The first-order valence-corrected chi connectivity index (χ1v) is 5.69. The number of carbonyl (C=O) groups is 2. The Morgan fingerprint density at radius 1 is 1.29 bits per heavy atom. The summed E-state index contributed by atoms with van der Waals surface area (Å²) in [6, 6.07) is 1.47. The van der Waals surface area contributed by atoms with E-state index in [1.54, 1.807) is 5.32 Å². The third-order valence-corrected chi connectivity index (χ3v) is 2.77. The second-order valence-corrected chi connectivity index (χ2v) is 4.57. The predicted molar refractivity (Wildman–Crippen MR) is 65.7 cm³/mol. The van der Waals surface area contributed by atoms with Gasteiger partial charge in [-0.2, -0.15) is 13.2 Å². The summed E-state index contributed by atoms with van der Waals surface area (Å²) in [5.74, 6) is -3.25. The quantitative estimate of drug-likeness (QED) is 0.746. The van der Waals surface area contributed by atoms with E-state index in [9.17, 15) is 27.2 Å². The van der Waals surface area contributed by atoms with Gasteiger partial charge in [0, 0.05) is 5.02 Å². The van der Waals surface area contributed by atoms with Crippen molar-refractivity contribution in [1.82, 2.24) is 5.32 Å². The summed E-state index contributed by atoms with van der Waals surface area (Å²) < 4.78 is 51.4. The van der Waals surface area contributed by atoms with Crippen LogP contribution in [0.3, 0.4) is 0 Å². The SMILES string of the molecule is CC(NC(=O)Nc1cc(Cl)ccc1F)(C(=O)O)C(F)(F)F. The van der Waals surface area contributed by atoms with Gasteiger partial charge in [-0.1, -0.05) is 11.6 Å². The van der Waals surface area contributed by atoms with Crippen LogP contribution in [0.2, 0.25) is 5.02 Å². The van der Waals surface area contributed by atoms with Crippen LogP contribution >= 0.6 is 11.6 Å². The van der Waals surface area contributed by atoms with E-state index in [1.807, 2.05) is 0 Å². The van der Waals surface area contributed by atoms with Gasteiger partial charge in [0.25, 0.3) is 0 Å². The maximum absolute atomic E-state index is 13.3. The summed E-state index contributed by atoms with van der Waals surface area (Å²) in [5, 5.41) is 11.7. The molecule has 1 unspecified atom stereocenters. The fourth-order valence-electron chi connectivity index (χ4n) is 1.22. The largest absolute Gasteiger partial charge is 0.479 e. The summed E-state index contributed by atoms with van der Waals surface area (Å²) in [7, 11) is 0. The Balaban J connectivity index is 2.95. The normalized spacial score (nSPS) is 14.2. The molecule has 1 rings (SSSR count). The number of halogens is 5. The predicted octanol–water partition coefficient (Wildman–Crippen LogP) is 3.01. The Morgan fingerprint density at radius 2 is 1.86 bits per heavy atom. The molecule has 0 heterocycles. The van der Waals surface area contributed by atoms with Gasteiger partial charge in [-0.3, -0.25) is 0 Å². The zero-order valence-electron chi connectivity index (χ0n) is 10.4. The Hall–Kier alpha value is -2.03. The van der Waals surface area contributed by atoms with Gasteiger partial charge in [0.15, 0.2) is 0 Å². The molecule has 0 radical (unpaired) electrons. The lowest BCUT2D eigenvalue weighted by Gasteiger charge is -2.28. The monoisotopic (exact) mass is 328 g/mol. The lowest BCUT2D eigenvalue weighted by atomic mass is 10.0. The molecule has 0 aliphatic rings. The van der Waals surface area contributed by atoms with Crippen LogP contribution in [0.25, 0.3) is 0 Å². The van der Waals surface area contributed by atoms with Crippen LogP contribution in [0.1, 0.15) is 6.92 Å². The molecule has 0 spiro atoms. The molecule has 1 atom stereocenters. The van der Waals surface area contributed by atoms with E-state index >= 15 is 0 Å². The van der Waals surface area contributed by atoms with Crippen molar-refractivity contribution in [2.45, 2.75) is 18.6 Å². The highest BCUT2D eigenvalue weighted by atomic mass is 35.5. The molecular weight excluding hydrogens is 320 g/mol. The highest BCUT2D eigenvalue weighted by molar-refractivity contribution is 6.30. The van der Waals surface area contributed by atoms with Gasteiger partial charge in [0.2, 0.25) is 5.54 Å².